The smallest absolute Gasteiger partial charge is 0.272 e. The number of hydrogen-bond acceptors (Lipinski definition) is 4. The molecule has 2 aliphatic rings. The largest absolute Gasteiger partial charge is 0.396 e. The minimum Gasteiger partial charge on any atom is -0.396 e. The Bertz CT molecular complexity index is 835. The topological polar surface area (TPSA) is 78.2 Å². The first-order chi connectivity index (χ1) is 13.1. The predicted octanol–water partition coefficient (Wildman–Crippen LogP) is 1.27. The first-order valence-electron chi connectivity index (χ1n) is 9.66. The summed E-state index contributed by atoms with van der Waals surface area (Å²) in [5, 5.41) is 8.99. The third-order valence-corrected chi connectivity index (χ3v) is 6.07. The molecule has 0 spiro atoms. The quantitative estimate of drug-likeness (QED) is 0.860. The molecule has 27 heavy (non-hydrogen) atoms. The van der Waals surface area contributed by atoms with E-state index in [9.17, 15) is 9.59 Å². The highest BCUT2D eigenvalue weighted by Crippen LogP contribution is 2.43. The molecule has 2 amide bonds. The second-order valence-corrected chi connectivity index (χ2v) is 7.78. The fourth-order valence-electron chi connectivity index (χ4n) is 4.68. The van der Waals surface area contributed by atoms with Crippen molar-refractivity contribution in [3.63, 3.8) is 0 Å². The Balaban J connectivity index is 1.46. The average Bonchev–Trinajstić information content (AvgIpc) is 3.25. The SMILES string of the molecule is CN(CCCO)C(=O)C1[C@@H]2CC[C@@H]1CN(C(=O)c1cc3cccn3cn1)C2. The Hall–Kier alpha value is -2.41. The van der Waals surface area contributed by atoms with Crippen LogP contribution in [0.4, 0.5) is 0 Å². The Labute approximate surface area is 158 Å². The van der Waals surface area contributed by atoms with E-state index in [1.807, 2.05) is 40.7 Å². The predicted molar refractivity (Wildman–Crippen MR) is 100 cm³/mol. The minimum atomic E-state index is -0.0462. The number of aliphatic hydroxyl groups excluding tert-OH is 1. The average molecular weight is 370 g/mol. The molecule has 144 valence electrons. The van der Waals surface area contributed by atoms with Crippen LogP contribution in [0.3, 0.4) is 0 Å². The maximum Gasteiger partial charge on any atom is 0.272 e. The van der Waals surface area contributed by atoms with E-state index in [1.165, 1.54) is 0 Å². The summed E-state index contributed by atoms with van der Waals surface area (Å²) in [4.78, 5) is 33.8. The molecule has 2 aromatic rings. The zero-order chi connectivity index (χ0) is 19.0. The number of rotatable bonds is 5. The van der Waals surface area contributed by atoms with E-state index in [2.05, 4.69) is 4.98 Å². The lowest BCUT2D eigenvalue weighted by molar-refractivity contribution is -0.138. The van der Waals surface area contributed by atoms with Gasteiger partial charge >= 0.3 is 0 Å². The monoisotopic (exact) mass is 370 g/mol. The van der Waals surface area contributed by atoms with Crippen LogP contribution in [0.1, 0.15) is 29.8 Å². The first-order valence-corrected chi connectivity index (χ1v) is 9.66. The second-order valence-electron chi connectivity index (χ2n) is 7.78. The van der Waals surface area contributed by atoms with Crippen molar-refractivity contribution in [1.82, 2.24) is 19.2 Å². The molecule has 1 aliphatic heterocycles. The summed E-state index contributed by atoms with van der Waals surface area (Å²) in [5.74, 6) is 0.548. The fourth-order valence-corrected chi connectivity index (χ4v) is 4.68. The number of fused-ring (bicyclic) bond motifs is 3. The van der Waals surface area contributed by atoms with Gasteiger partial charge in [-0.1, -0.05) is 0 Å². The zero-order valence-corrected chi connectivity index (χ0v) is 15.6. The van der Waals surface area contributed by atoms with Crippen molar-refractivity contribution in [3.8, 4) is 0 Å². The van der Waals surface area contributed by atoms with Crippen molar-refractivity contribution in [1.29, 1.82) is 0 Å². The van der Waals surface area contributed by atoms with Gasteiger partial charge in [-0.05, 0) is 49.3 Å². The van der Waals surface area contributed by atoms with Crippen LogP contribution in [-0.4, -0.2) is 69.4 Å². The van der Waals surface area contributed by atoms with E-state index in [4.69, 9.17) is 5.11 Å². The number of aromatic nitrogens is 2. The Morgan fingerprint density at radius 1 is 1.30 bits per heavy atom. The van der Waals surface area contributed by atoms with E-state index in [0.717, 1.165) is 18.4 Å². The molecule has 2 fully saturated rings. The van der Waals surface area contributed by atoms with Gasteiger partial charge in [0.15, 0.2) is 0 Å². The number of nitrogens with zero attached hydrogens (tertiary/aromatic N) is 4. The summed E-state index contributed by atoms with van der Waals surface area (Å²) >= 11 is 0. The van der Waals surface area contributed by atoms with Crippen LogP contribution >= 0.6 is 0 Å². The Morgan fingerprint density at radius 3 is 2.74 bits per heavy atom. The van der Waals surface area contributed by atoms with Crippen LogP contribution in [-0.2, 0) is 4.79 Å². The standard InChI is InChI=1S/C20H26N4O3/c1-22(7-3-9-25)20(27)18-14-5-6-15(18)12-24(11-14)19(26)17-10-16-4-2-8-23(16)13-21-17/h2,4,8,10,13-15,18,25H,3,5-7,9,11-12H2,1H3/t14-,15-/m1/s1. The molecule has 7 nitrogen and oxygen atoms in total. The van der Waals surface area contributed by atoms with Gasteiger partial charge in [0.2, 0.25) is 5.91 Å². The summed E-state index contributed by atoms with van der Waals surface area (Å²) < 4.78 is 1.88. The van der Waals surface area contributed by atoms with Gasteiger partial charge in [-0.15, -0.1) is 0 Å². The number of amides is 2. The van der Waals surface area contributed by atoms with Gasteiger partial charge in [-0.2, -0.15) is 0 Å². The summed E-state index contributed by atoms with van der Waals surface area (Å²) in [6.45, 7) is 1.91. The number of hydrogen-bond donors (Lipinski definition) is 1. The summed E-state index contributed by atoms with van der Waals surface area (Å²) in [6, 6.07) is 5.70. The van der Waals surface area contributed by atoms with E-state index in [-0.39, 0.29) is 36.2 Å². The van der Waals surface area contributed by atoms with E-state index >= 15 is 0 Å². The van der Waals surface area contributed by atoms with Crippen molar-refractivity contribution < 1.29 is 14.7 Å². The molecular formula is C20H26N4O3. The van der Waals surface area contributed by atoms with Gasteiger partial charge in [0.1, 0.15) is 5.69 Å². The van der Waals surface area contributed by atoms with Gasteiger partial charge < -0.3 is 19.3 Å². The molecule has 0 radical (unpaired) electrons. The molecule has 2 bridgehead atoms. The molecule has 2 atom stereocenters. The van der Waals surface area contributed by atoms with Gasteiger partial charge in [0.25, 0.3) is 5.91 Å². The number of piperidine rings is 1. The van der Waals surface area contributed by atoms with Crippen molar-refractivity contribution in [3.05, 3.63) is 36.4 Å². The van der Waals surface area contributed by atoms with Crippen molar-refractivity contribution in [2.45, 2.75) is 19.3 Å². The zero-order valence-electron chi connectivity index (χ0n) is 15.6. The molecule has 3 heterocycles. The molecule has 1 N–H and O–H groups in total. The Morgan fingerprint density at radius 2 is 2.04 bits per heavy atom. The van der Waals surface area contributed by atoms with Crippen LogP contribution in [0, 0.1) is 17.8 Å². The van der Waals surface area contributed by atoms with Crippen molar-refractivity contribution in [2.24, 2.45) is 17.8 Å². The van der Waals surface area contributed by atoms with Gasteiger partial charge in [-0.25, -0.2) is 4.98 Å². The van der Waals surface area contributed by atoms with E-state index in [1.54, 1.807) is 11.2 Å². The molecule has 0 unspecified atom stereocenters. The number of carbonyl (C=O) groups excluding carboxylic acids is 2. The van der Waals surface area contributed by atoms with Crippen LogP contribution in [0.25, 0.3) is 5.52 Å². The molecule has 1 saturated carbocycles. The molecule has 0 aromatic carbocycles. The third kappa shape index (κ3) is 3.32. The Kier molecular flexibility index (Phi) is 4.86. The second kappa shape index (κ2) is 7.31. The molecule has 2 aromatic heterocycles. The maximum atomic E-state index is 13.0. The minimum absolute atomic E-state index is 0.00110. The lowest BCUT2D eigenvalue weighted by Gasteiger charge is -2.38. The van der Waals surface area contributed by atoms with Crippen molar-refractivity contribution >= 4 is 17.3 Å². The maximum absolute atomic E-state index is 13.0. The molecular weight excluding hydrogens is 344 g/mol. The van der Waals surface area contributed by atoms with Crippen LogP contribution in [0.5, 0.6) is 0 Å². The van der Waals surface area contributed by atoms with Gasteiger partial charge in [0, 0.05) is 50.9 Å². The molecule has 4 rings (SSSR count). The number of likely N-dealkylation sites (tertiary alicyclic amines) is 1. The summed E-state index contributed by atoms with van der Waals surface area (Å²) in [6.07, 6.45) is 6.15. The van der Waals surface area contributed by atoms with Gasteiger partial charge in [-0.3, -0.25) is 9.59 Å². The normalized spacial score (nSPS) is 24.4. The number of aliphatic hydroxyl groups is 1. The lowest BCUT2D eigenvalue weighted by atomic mass is 9.83. The highest BCUT2D eigenvalue weighted by Gasteiger charge is 2.47. The van der Waals surface area contributed by atoms with Gasteiger partial charge in [0.05, 0.1) is 6.33 Å². The van der Waals surface area contributed by atoms with E-state index in [0.29, 0.717) is 31.7 Å². The fraction of sp³-hybridized carbons (Fsp3) is 0.550. The molecule has 1 saturated heterocycles. The van der Waals surface area contributed by atoms with Crippen LogP contribution in [0.2, 0.25) is 0 Å². The summed E-state index contributed by atoms with van der Waals surface area (Å²) in [7, 11) is 1.81. The van der Waals surface area contributed by atoms with Crippen LogP contribution in [0.15, 0.2) is 30.7 Å². The summed E-state index contributed by atoms with van der Waals surface area (Å²) in [5.41, 5.74) is 1.41. The van der Waals surface area contributed by atoms with Crippen molar-refractivity contribution in [2.75, 3.05) is 33.3 Å². The number of carbonyl (C=O) groups is 2. The highest BCUT2D eigenvalue weighted by atomic mass is 16.3. The third-order valence-electron chi connectivity index (χ3n) is 6.07. The van der Waals surface area contributed by atoms with Crippen LogP contribution < -0.4 is 0 Å². The molecule has 1 aliphatic carbocycles. The highest BCUT2D eigenvalue weighted by molar-refractivity contribution is 5.93. The lowest BCUT2D eigenvalue weighted by Crippen LogP contribution is -2.50. The molecule has 7 heteroatoms. The van der Waals surface area contributed by atoms with E-state index < -0.39 is 0 Å². The first kappa shape index (κ1) is 18.0.